The molecule has 9 heteroatoms. The number of carbonyl (C=O) groups excluding carboxylic acids is 1. The molecule has 0 spiro atoms. The van der Waals surface area contributed by atoms with Gasteiger partial charge in [-0.15, -0.1) is 0 Å². The molecule has 27 heavy (non-hydrogen) atoms. The summed E-state index contributed by atoms with van der Waals surface area (Å²) < 4.78 is 29.3. The summed E-state index contributed by atoms with van der Waals surface area (Å²) in [6.07, 6.45) is 7.12. The zero-order valence-electron chi connectivity index (χ0n) is 16.1. The van der Waals surface area contributed by atoms with Gasteiger partial charge in [-0.1, -0.05) is 6.07 Å². The van der Waals surface area contributed by atoms with Crippen molar-refractivity contribution in [1.82, 2.24) is 23.3 Å². The highest BCUT2D eigenvalue weighted by atomic mass is 32.2. The Hall–Kier alpha value is -1.97. The number of nitrogens with one attached hydrogen (secondary N) is 1. The highest BCUT2D eigenvalue weighted by Crippen LogP contribution is 2.22. The van der Waals surface area contributed by atoms with Crippen molar-refractivity contribution in [3.8, 4) is 0 Å². The maximum atomic E-state index is 13.1. The van der Waals surface area contributed by atoms with Gasteiger partial charge in [0.15, 0.2) is 0 Å². The van der Waals surface area contributed by atoms with Gasteiger partial charge in [0, 0.05) is 45.6 Å². The van der Waals surface area contributed by atoms with Crippen LogP contribution in [0.15, 0.2) is 24.5 Å². The molecule has 1 atom stereocenters. The van der Waals surface area contributed by atoms with Crippen molar-refractivity contribution in [2.24, 2.45) is 0 Å². The number of piperidine rings is 1. The van der Waals surface area contributed by atoms with Gasteiger partial charge < -0.3 is 9.30 Å². The predicted molar refractivity (Wildman–Crippen MR) is 104 cm³/mol. The summed E-state index contributed by atoms with van der Waals surface area (Å²) in [5.74, 6) is -0.0849. The SMILES string of the molecule is Cc1cccn2cc(C(=O)N3CCCC[C@H]3CCNS(=O)(=O)N(C)C)nc12. The Morgan fingerprint density at radius 2 is 2.15 bits per heavy atom. The highest BCUT2D eigenvalue weighted by molar-refractivity contribution is 7.87. The minimum Gasteiger partial charge on any atom is -0.334 e. The van der Waals surface area contributed by atoms with E-state index in [-0.39, 0.29) is 11.9 Å². The Bertz CT molecular complexity index is 922. The first kappa shape index (κ1) is 19.8. The number of aromatic nitrogens is 2. The zero-order chi connectivity index (χ0) is 19.6. The van der Waals surface area contributed by atoms with Gasteiger partial charge in [0.1, 0.15) is 11.3 Å². The van der Waals surface area contributed by atoms with Gasteiger partial charge in [0.25, 0.3) is 16.1 Å². The standard InChI is InChI=1S/C18H27N5O3S/c1-14-7-6-11-22-13-16(20-17(14)22)18(24)23-12-5-4-8-15(23)9-10-19-27(25,26)21(2)3/h6-7,11,13,15,19H,4-5,8-10,12H2,1-3H3/t15-/m0/s1. The molecule has 148 valence electrons. The number of pyridine rings is 1. The van der Waals surface area contributed by atoms with Crippen molar-refractivity contribution in [2.45, 2.75) is 38.6 Å². The van der Waals surface area contributed by atoms with Crippen LogP contribution in [0.5, 0.6) is 0 Å². The fourth-order valence-electron chi connectivity index (χ4n) is 3.46. The van der Waals surface area contributed by atoms with Crippen LogP contribution in [0.2, 0.25) is 0 Å². The second-order valence-corrected chi connectivity index (χ2v) is 9.14. The molecule has 3 heterocycles. The minimum atomic E-state index is -3.45. The third-order valence-electron chi connectivity index (χ3n) is 5.03. The lowest BCUT2D eigenvalue weighted by molar-refractivity contribution is 0.0598. The molecule has 0 unspecified atom stereocenters. The Kier molecular flexibility index (Phi) is 5.83. The third kappa shape index (κ3) is 4.31. The number of amides is 1. The van der Waals surface area contributed by atoms with Gasteiger partial charge in [-0.3, -0.25) is 4.79 Å². The molecule has 0 saturated carbocycles. The second-order valence-electron chi connectivity index (χ2n) is 7.17. The fourth-order valence-corrected chi connectivity index (χ4v) is 4.09. The van der Waals surface area contributed by atoms with Crippen LogP contribution in [0.25, 0.3) is 5.65 Å². The first-order chi connectivity index (χ1) is 12.8. The van der Waals surface area contributed by atoms with Gasteiger partial charge in [-0.05, 0) is 44.2 Å². The fraction of sp³-hybridized carbons (Fsp3) is 0.556. The summed E-state index contributed by atoms with van der Waals surface area (Å²) in [6, 6.07) is 3.91. The average molecular weight is 394 g/mol. The van der Waals surface area contributed by atoms with E-state index >= 15 is 0 Å². The Balaban J connectivity index is 1.72. The lowest BCUT2D eigenvalue weighted by Crippen LogP contribution is -2.46. The van der Waals surface area contributed by atoms with Gasteiger partial charge in [0.05, 0.1) is 0 Å². The summed E-state index contributed by atoms with van der Waals surface area (Å²) in [7, 11) is -0.466. The van der Waals surface area contributed by atoms with E-state index in [0.717, 1.165) is 34.8 Å². The largest absolute Gasteiger partial charge is 0.334 e. The van der Waals surface area contributed by atoms with E-state index in [1.54, 1.807) is 6.20 Å². The number of rotatable bonds is 6. The maximum Gasteiger partial charge on any atom is 0.278 e. The number of carbonyl (C=O) groups is 1. The maximum absolute atomic E-state index is 13.1. The summed E-state index contributed by atoms with van der Waals surface area (Å²) in [5.41, 5.74) is 2.24. The third-order valence-corrected chi connectivity index (χ3v) is 6.56. The summed E-state index contributed by atoms with van der Waals surface area (Å²) in [6.45, 7) is 2.95. The molecule has 1 N–H and O–H groups in total. The Morgan fingerprint density at radius 1 is 1.37 bits per heavy atom. The molecule has 1 aliphatic heterocycles. The predicted octanol–water partition coefficient (Wildman–Crippen LogP) is 1.42. The van der Waals surface area contributed by atoms with Gasteiger partial charge in [0.2, 0.25) is 0 Å². The van der Waals surface area contributed by atoms with Crippen LogP contribution < -0.4 is 4.72 Å². The second kappa shape index (κ2) is 7.95. The molecule has 0 radical (unpaired) electrons. The van der Waals surface area contributed by atoms with Crippen LogP contribution in [0.4, 0.5) is 0 Å². The molecule has 1 amide bonds. The number of aryl methyl sites for hydroxylation is 1. The lowest BCUT2D eigenvalue weighted by atomic mass is 9.99. The number of hydrogen-bond donors (Lipinski definition) is 1. The molecule has 0 aliphatic carbocycles. The van der Waals surface area contributed by atoms with Crippen LogP contribution >= 0.6 is 0 Å². The van der Waals surface area contributed by atoms with Crippen molar-refractivity contribution in [1.29, 1.82) is 0 Å². The zero-order valence-corrected chi connectivity index (χ0v) is 16.9. The number of likely N-dealkylation sites (tertiary alicyclic amines) is 1. The Labute approximate surface area is 160 Å². The molecular formula is C18H27N5O3S. The van der Waals surface area contributed by atoms with E-state index in [1.807, 2.05) is 34.6 Å². The summed E-state index contributed by atoms with van der Waals surface area (Å²) in [5, 5.41) is 0. The molecule has 1 fully saturated rings. The van der Waals surface area contributed by atoms with Crippen molar-refractivity contribution in [3.05, 3.63) is 35.8 Å². The summed E-state index contributed by atoms with van der Waals surface area (Å²) >= 11 is 0. The van der Waals surface area contributed by atoms with E-state index in [9.17, 15) is 13.2 Å². The Morgan fingerprint density at radius 3 is 2.85 bits per heavy atom. The molecule has 1 aliphatic rings. The smallest absolute Gasteiger partial charge is 0.278 e. The monoisotopic (exact) mass is 393 g/mol. The van der Waals surface area contributed by atoms with Crippen molar-refractivity contribution >= 4 is 21.8 Å². The topological polar surface area (TPSA) is 87.0 Å². The van der Waals surface area contributed by atoms with Crippen molar-refractivity contribution in [3.63, 3.8) is 0 Å². The number of hydrogen-bond acceptors (Lipinski definition) is 4. The summed E-state index contributed by atoms with van der Waals surface area (Å²) in [4.78, 5) is 19.4. The molecule has 0 aromatic carbocycles. The van der Waals surface area contributed by atoms with Crippen LogP contribution in [-0.4, -0.2) is 66.1 Å². The molecular weight excluding hydrogens is 366 g/mol. The van der Waals surface area contributed by atoms with Gasteiger partial charge >= 0.3 is 0 Å². The number of nitrogens with zero attached hydrogens (tertiary/aromatic N) is 4. The van der Waals surface area contributed by atoms with E-state index in [2.05, 4.69) is 9.71 Å². The van der Waals surface area contributed by atoms with Crippen LogP contribution in [0.1, 0.15) is 41.7 Å². The van der Waals surface area contributed by atoms with E-state index in [4.69, 9.17) is 0 Å². The first-order valence-corrected chi connectivity index (χ1v) is 10.7. The number of imidazole rings is 1. The highest BCUT2D eigenvalue weighted by Gasteiger charge is 2.29. The van der Waals surface area contributed by atoms with E-state index < -0.39 is 10.2 Å². The van der Waals surface area contributed by atoms with Crippen molar-refractivity contribution in [2.75, 3.05) is 27.2 Å². The first-order valence-electron chi connectivity index (χ1n) is 9.22. The quantitative estimate of drug-likeness (QED) is 0.804. The minimum absolute atomic E-state index is 0.0158. The molecule has 1 saturated heterocycles. The van der Waals surface area contributed by atoms with Crippen LogP contribution in [-0.2, 0) is 10.2 Å². The van der Waals surface area contributed by atoms with Crippen molar-refractivity contribution < 1.29 is 13.2 Å². The molecule has 8 nitrogen and oxygen atoms in total. The molecule has 3 rings (SSSR count). The average Bonchev–Trinajstić information content (AvgIpc) is 3.07. The van der Waals surface area contributed by atoms with E-state index in [0.29, 0.717) is 25.2 Å². The van der Waals surface area contributed by atoms with Crippen LogP contribution in [0, 0.1) is 6.92 Å². The van der Waals surface area contributed by atoms with Gasteiger partial charge in [-0.2, -0.15) is 12.7 Å². The molecule has 0 bridgehead atoms. The van der Waals surface area contributed by atoms with Crippen LogP contribution in [0.3, 0.4) is 0 Å². The molecule has 2 aromatic heterocycles. The lowest BCUT2D eigenvalue weighted by Gasteiger charge is -2.35. The molecule has 2 aromatic rings. The number of fused-ring (bicyclic) bond motifs is 1. The van der Waals surface area contributed by atoms with Gasteiger partial charge in [-0.25, -0.2) is 9.71 Å². The van der Waals surface area contributed by atoms with E-state index in [1.165, 1.54) is 14.1 Å². The normalized spacial score (nSPS) is 18.4.